The lowest BCUT2D eigenvalue weighted by molar-refractivity contribution is 0.193. The first-order valence-electron chi connectivity index (χ1n) is 3.74. The van der Waals surface area contributed by atoms with Crippen molar-refractivity contribution in [2.75, 3.05) is 26.4 Å². The van der Waals surface area contributed by atoms with Crippen molar-refractivity contribution in [3.05, 3.63) is 25.3 Å². The van der Waals surface area contributed by atoms with Crippen LogP contribution in [0.5, 0.6) is 0 Å². The van der Waals surface area contributed by atoms with Crippen LogP contribution >= 0.6 is 0 Å². The topological polar surface area (TPSA) is 18.5 Å². The fourth-order valence-electron chi connectivity index (χ4n) is 0.489. The molecule has 0 rings (SSSR count). The molecule has 0 aliphatic rings. The molecule has 0 heterocycles. The highest BCUT2D eigenvalue weighted by Gasteiger charge is 1.77. The third-order valence-corrected chi connectivity index (χ3v) is 0.945. The molecule has 66 valence electrons. The molecular weight excluding hydrogens is 152 g/mol. The largest absolute Gasteiger partial charge is 0.365 e. The van der Waals surface area contributed by atoms with Gasteiger partial charge < -0.3 is 9.47 Å². The van der Waals surface area contributed by atoms with Crippen molar-refractivity contribution in [3.63, 3.8) is 0 Å². The van der Waals surface area contributed by atoms with Crippen LogP contribution in [-0.4, -0.2) is 26.4 Å². The summed E-state index contributed by atoms with van der Waals surface area (Å²) < 4.78 is 10.0. The second-order valence-electron chi connectivity index (χ2n) is 1.96. The van der Waals surface area contributed by atoms with Gasteiger partial charge in [0.25, 0.3) is 0 Å². The molecule has 0 radical (unpaired) electrons. The first-order chi connectivity index (χ1) is 5.91. The average molecular weight is 166 g/mol. The lowest BCUT2D eigenvalue weighted by atomic mass is 10.6. The molecule has 0 saturated carbocycles. The Hall–Kier alpha value is -1.04. The van der Waals surface area contributed by atoms with Gasteiger partial charge >= 0.3 is 0 Å². The summed E-state index contributed by atoms with van der Waals surface area (Å²) in [5, 5.41) is 0. The lowest BCUT2D eigenvalue weighted by Gasteiger charge is -1.92. The van der Waals surface area contributed by atoms with E-state index in [1.165, 1.54) is 0 Å². The van der Waals surface area contributed by atoms with E-state index in [1.54, 1.807) is 12.2 Å². The van der Waals surface area contributed by atoms with Gasteiger partial charge in [0.2, 0.25) is 0 Å². The Labute approximate surface area is 73.9 Å². The van der Waals surface area contributed by atoms with Gasteiger partial charge in [0.05, 0.1) is 13.2 Å². The third kappa shape index (κ3) is 8.96. The van der Waals surface area contributed by atoms with E-state index in [4.69, 9.17) is 9.47 Å². The zero-order valence-electron chi connectivity index (χ0n) is 7.21. The van der Waals surface area contributed by atoms with Gasteiger partial charge in [0.1, 0.15) is 13.2 Å². The van der Waals surface area contributed by atoms with E-state index in [2.05, 4.69) is 25.0 Å². The molecular formula is C10H14O2. The summed E-state index contributed by atoms with van der Waals surface area (Å²) in [5.74, 6) is 5.60. The normalized spacial score (nSPS) is 8.33. The molecule has 0 unspecified atom stereocenters. The van der Waals surface area contributed by atoms with Crippen molar-refractivity contribution >= 4 is 0 Å². The monoisotopic (exact) mass is 166 g/mol. The smallest absolute Gasteiger partial charge is 0.108 e. The highest BCUT2D eigenvalue weighted by atomic mass is 16.5. The van der Waals surface area contributed by atoms with Gasteiger partial charge in [-0.3, -0.25) is 0 Å². The van der Waals surface area contributed by atoms with Gasteiger partial charge in [0.15, 0.2) is 0 Å². The summed E-state index contributed by atoms with van der Waals surface area (Å²) in [6.45, 7) is 8.98. The second kappa shape index (κ2) is 9.96. The van der Waals surface area contributed by atoms with E-state index in [0.717, 1.165) is 0 Å². The molecule has 0 aromatic carbocycles. The molecule has 12 heavy (non-hydrogen) atoms. The van der Waals surface area contributed by atoms with Gasteiger partial charge in [-0.1, -0.05) is 24.0 Å². The van der Waals surface area contributed by atoms with E-state index >= 15 is 0 Å². The quantitative estimate of drug-likeness (QED) is 0.337. The number of hydrogen-bond acceptors (Lipinski definition) is 2. The number of rotatable bonds is 6. The Morgan fingerprint density at radius 1 is 0.917 bits per heavy atom. The highest BCUT2D eigenvalue weighted by molar-refractivity contribution is 4.99. The van der Waals surface area contributed by atoms with Gasteiger partial charge in [-0.05, 0) is 0 Å². The Bertz CT molecular complexity index is 156. The van der Waals surface area contributed by atoms with Crippen molar-refractivity contribution in [3.8, 4) is 11.8 Å². The van der Waals surface area contributed by atoms with Crippen molar-refractivity contribution in [2.24, 2.45) is 0 Å². The number of ether oxygens (including phenoxy) is 2. The zero-order chi connectivity index (χ0) is 9.07. The third-order valence-electron chi connectivity index (χ3n) is 0.945. The van der Waals surface area contributed by atoms with Gasteiger partial charge in [-0.2, -0.15) is 0 Å². The second-order valence-corrected chi connectivity index (χ2v) is 1.96. The van der Waals surface area contributed by atoms with Gasteiger partial charge in [-0.15, -0.1) is 13.2 Å². The minimum Gasteiger partial charge on any atom is -0.365 e. The van der Waals surface area contributed by atoms with E-state index < -0.39 is 0 Å². The van der Waals surface area contributed by atoms with Crippen LogP contribution in [0.4, 0.5) is 0 Å². The molecule has 0 aliphatic heterocycles. The maximum Gasteiger partial charge on any atom is 0.108 e. The molecule has 0 aliphatic carbocycles. The highest BCUT2D eigenvalue weighted by Crippen LogP contribution is 1.74. The van der Waals surface area contributed by atoms with Crippen molar-refractivity contribution < 1.29 is 9.47 Å². The predicted octanol–water partition coefficient (Wildman–Crippen LogP) is 1.40. The van der Waals surface area contributed by atoms with E-state index in [1.807, 2.05) is 0 Å². The van der Waals surface area contributed by atoms with Crippen LogP contribution in [0.15, 0.2) is 25.3 Å². The summed E-state index contributed by atoms with van der Waals surface area (Å²) in [7, 11) is 0. The Kier molecular flexibility index (Phi) is 9.10. The lowest BCUT2D eigenvalue weighted by Crippen LogP contribution is -1.93. The van der Waals surface area contributed by atoms with Gasteiger partial charge in [0, 0.05) is 0 Å². The van der Waals surface area contributed by atoms with Crippen LogP contribution in [0.1, 0.15) is 0 Å². The van der Waals surface area contributed by atoms with Crippen LogP contribution in [0.2, 0.25) is 0 Å². The summed E-state index contributed by atoms with van der Waals surface area (Å²) in [4.78, 5) is 0. The molecule has 0 N–H and O–H groups in total. The van der Waals surface area contributed by atoms with Crippen LogP contribution in [-0.2, 0) is 9.47 Å². The molecule has 2 nitrogen and oxygen atoms in total. The van der Waals surface area contributed by atoms with Crippen molar-refractivity contribution in [1.29, 1.82) is 0 Å². The van der Waals surface area contributed by atoms with E-state index in [0.29, 0.717) is 26.4 Å². The minimum atomic E-state index is 0.434. The SMILES string of the molecule is C=CCOCC#CCOCC=C. The van der Waals surface area contributed by atoms with Crippen molar-refractivity contribution in [1.82, 2.24) is 0 Å². The Balaban J connectivity index is 3.11. The van der Waals surface area contributed by atoms with Gasteiger partial charge in [-0.25, -0.2) is 0 Å². The minimum absolute atomic E-state index is 0.434. The molecule has 2 heteroatoms. The first kappa shape index (κ1) is 11.0. The summed E-state index contributed by atoms with van der Waals surface area (Å²) in [5.41, 5.74) is 0. The standard InChI is InChI=1S/C10H14O2/c1-3-7-11-9-5-6-10-12-8-4-2/h3-4H,1-2,7-10H2. The van der Waals surface area contributed by atoms with Crippen LogP contribution in [0, 0.1) is 11.8 Å². The average Bonchev–Trinajstić information content (AvgIpc) is 2.10. The molecule has 0 bridgehead atoms. The molecule has 0 aromatic heterocycles. The zero-order valence-corrected chi connectivity index (χ0v) is 7.21. The fraction of sp³-hybridized carbons (Fsp3) is 0.400. The summed E-state index contributed by atoms with van der Waals surface area (Å²) in [6.07, 6.45) is 3.38. The molecule has 0 atom stereocenters. The fourth-order valence-corrected chi connectivity index (χ4v) is 0.489. The van der Waals surface area contributed by atoms with Crippen molar-refractivity contribution in [2.45, 2.75) is 0 Å². The van der Waals surface area contributed by atoms with Crippen LogP contribution < -0.4 is 0 Å². The van der Waals surface area contributed by atoms with Crippen LogP contribution in [0.3, 0.4) is 0 Å². The Morgan fingerprint density at radius 3 is 1.67 bits per heavy atom. The van der Waals surface area contributed by atoms with Crippen LogP contribution in [0.25, 0.3) is 0 Å². The number of hydrogen-bond donors (Lipinski definition) is 0. The predicted molar refractivity (Wildman–Crippen MR) is 49.8 cm³/mol. The molecule has 0 amide bonds. The summed E-state index contributed by atoms with van der Waals surface area (Å²) >= 11 is 0. The first-order valence-corrected chi connectivity index (χ1v) is 3.74. The Morgan fingerprint density at radius 2 is 1.33 bits per heavy atom. The molecule has 0 aromatic rings. The summed E-state index contributed by atoms with van der Waals surface area (Å²) in [6, 6.07) is 0. The maximum atomic E-state index is 5.02. The molecule has 0 saturated heterocycles. The molecule has 0 spiro atoms. The molecule has 0 fully saturated rings. The van der Waals surface area contributed by atoms with E-state index in [-0.39, 0.29) is 0 Å². The maximum absolute atomic E-state index is 5.02. The van der Waals surface area contributed by atoms with E-state index in [9.17, 15) is 0 Å².